The van der Waals surface area contributed by atoms with Gasteiger partial charge >= 0.3 is 16.5 Å². The molecule has 8 nitrogen and oxygen atoms in total. The number of carbonyl (C=O) groups excluding carboxylic acids is 2. The predicted octanol–water partition coefficient (Wildman–Crippen LogP) is 10.3. The van der Waals surface area contributed by atoms with Crippen LogP contribution in [0.4, 0.5) is 0 Å². The Balaban J connectivity index is 0.00000514. The molecular weight excluding hydrogens is 991 g/mol. The molecule has 0 amide bonds. The van der Waals surface area contributed by atoms with Gasteiger partial charge in [-0.1, -0.05) is 117 Å². The quantitative estimate of drug-likeness (QED) is 0.128. The van der Waals surface area contributed by atoms with Gasteiger partial charge < -0.3 is 30.1 Å². The van der Waals surface area contributed by atoms with Crippen molar-refractivity contribution in [3.8, 4) is 11.5 Å². The van der Waals surface area contributed by atoms with Crippen LogP contribution < -0.4 is 20.7 Å². The van der Waals surface area contributed by atoms with Gasteiger partial charge in [-0.15, -0.1) is 22.1 Å². The second kappa shape index (κ2) is 16.6. The van der Waals surface area contributed by atoms with E-state index in [0.29, 0.717) is 89.4 Å². The van der Waals surface area contributed by atoms with Crippen molar-refractivity contribution in [2.24, 2.45) is 0 Å². The number of halogens is 8. The molecule has 2 aliphatic carbocycles. The average molecular weight is 1010 g/mol. The van der Waals surface area contributed by atoms with Crippen molar-refractivity contribution >= 4 is 127 Å². The van der Waals surface area contributed by atoms with Crippen LogP contribution in [0.5, 0.6) is 11.5 Å². The molecule has 0 saturated heterocycles. The third-order valence-electron chi connectivity index (χ3n) is 9.94. The van der Waals surface area contributed by atoms with Crippen LogP contribution in [0.3, 0.4) is 0 Å². The number of nitrogens with zero attached hydrogens (tertiary/aromatic N) is 2. The summed E-state index contributed by atoms with van der Waals surface area (Å²) in [4.78, 5) is 42.7. The van der Waals surface area contributed by atoms with Gasteiger partial charge in [0, 0.05) is 22.8 Å². The predicted molar refractivity (Wildman–Crippen MR) is 238 cm³/mol. The van der Waals surface area contributed by atoms with Gasteiger partial charge in [-0.2, -0.15) is 0 Å². The zero-order valence-electron chi connectivity index (χ0n) is 30.2. The summed E-state index contributed by atoms with van der Waals surface area (Å²) in [5, 5.41) is 21.7. The number of fused-ring (bicyclic) bond motifs is 8. The van der Waals surface area contributed by atoms with E-state index >= 15 is 0 Å². The molecular formula is C44H20Cl8N4NiO4. The van der Waals surface area contributed by atoms with E-state index < -0.39 is 11.6 Å². The van der Waals surface area contributed by atoms with E-state index in [9.17, 15) is 19.8 Å². The van der Waals surface area contributed by atoms with Crippen molar-refractivity contribution < 1.29 is 36.3 Å². The van der Waals surface area contributed by atoms with E-state index in [2.05, 4.69) is 9.97 Å². The van der Waals surface area contributed by atoms with Crippen LogP contribution in [0.15, 0.2) is 128 Å². The van der Waals surface area contributed by atoms with Crippen LogP contribution in [0.25, 0.3) is 22.3 Å². The zero-order chi connectivity index (χ0) is 42.3. The molecule has 6 aromatic rings. The number of Topliss-reactive ketones (excluding diaryl/α,β-unsaturated/α-hetero) is 2. The fourth-order valence-corrected chi connectivity index (χ4v) is 9.20. The summed E-state index contributed by atoms with van der Waals surface area (Å²) in [6, 6.07) is 20.8. The zero-order valence-corrected chi connectivity index (χ0v) is 37.2. The molecule has 4 aromatic heterocycles. The first-order chi connectivity index (χ1) is 28.7. The number of aromatic amines is 2. The molecule has 0 fully saturated rings. The molecule has 306 valence electrons. The third kappa shape index (κ3) is 7.71. The Morgan fingerprint density at radius 2 is 0.738 bits per heavy atom. The average Bonchev–Trinajstić information content (AvgIpc) is 4.05. The monoisotopic (exact) mass is 1010 g/mol. The Morgan fingerprint density at radius 3 is 1.07 bits per heavy atom. The summed E-state index contributed by atoms with van der Waals surface area (Å²) in [6.45, 7) is 0. The number of hydrogen-bond acceptors (Lipinski definition) is 4. The number of H-pyrrole nitrogens is 2. The summed E-state index contributed by atoms with van der Waals surface area (Å²) < 4.78 is 0. The summed E-state index contributed by atoms with van der Waals surface area (Å²) in [5.74, 6) is -1.63. The number of aromatic nitrogens is 4. The smallest absolute Gasteiger partial charge is 0.657 e. The fraction of sp³-hybridized carbons (Fsp3) is 0. The maximum absolute atomic E-state index is 12.7. The number of ketones is 2. The number of hydrogen-bond donors (Lipinski definition) is 4. The topological polar surface area (TPSA) is 134 Å². The normalized spacial score (nSPS) is 15.5. The Labute approximate surface area is 395 Å². The first-order valence-electron chi connectivity index (χ1n) is 17.5. The van der Waals surface area contributed by atoms with Gasteiger partial charge in [0.1, 0.15) is 0 Å². The minimum atomic E-state index is -0.532. The van der Waals surface area contributed by atoms with E-state index in [4.69, 9.17) is 103 Å². The third-order valence-corrected chi connectivity index (χ3v) is 12.2. The maximum Gasteiger partial charge on any atom is 2.00 e. The maximum atomic E-state index is 12.7. The summed E-state index contributed by atoms with van der Waals surface area (Å²) in [7, 11) is 0. The van der Waals surface area contributed by atoms with Crippen molar-refractivity contribution in [3.05, 3.63) is 204 Å². The van der Waals surface area contributed by atoms with Crippen molar-refractivity contribution in [2.75, 3.05) is 0 Å². The van der Waals surface area contributed by atoms with E-state index in [1.807, 2.05) is 24.3 Å². The molecule has 2 aromatic carbocycles. The number of phenolic OH excluding ortho intramolecular Hbond substituents is 2. The van der Waals surface area contributed by atoms with Crippen molar-refractivity contribution in [1.29, 1.82) is 0 Å². The van der Waals surface area contributed by atoms with Crippen molar-refractivity contribution in [1.82, 2.24) is 19.9 Å². The Kier molecular flexibility index (Phi) is 11.8. The van der Waals surface area contributed by atoms with Crippen LogP contribution in [0.1, 0.15) is 45.3 Å². The molecule has 4 N–H and O–H groups in total. The molecule has 61 heavy (non-hydrogen) atoms. The van der Waals surface area contributed by atoms with Crippen LogP contribution in [-0.4, -0.2) is 31.7 Å². The van der Waals surface area contributed by atoms with Gasteiger partial charge in [0.25, 0.3) is 0 Å². The van der Waals surface area contributed by atoms with Crippen LogP contribution in [0.2, 0.25) is 20.1 Å². The van der Waals surface area contributed by atoms with Gasteiger partial charge in [-0.3, -0.25) is 9.59 Å². The van der Waals surface area contributed by atoms with Gasteiger partial charge in [0.05, 0.1) is 40.2 Å². The van der Waals surface area contributed by atoms with Crippen LogP contribution in [0, 0.1) is 0 Å². The molecule has 5 heterocycles. The minimum absolute atomic E-state index is 0. The van der Waals surface area contributed by atoms with Gasteiger partial charge in [-0.05, 0) is 117 Å². The molecule has 3 aliphatic rings. The second-order valence-corrected chi connectivity index (χ2v) is 16.9. The number of nitrogens with one attached hydrogen (secondary N) is 2. The number of carbonyl (C=O) groups is 2. The van der Waals surface area contributed by atoms with Crippen LogP contribution >= 0.6 is 92.8 Å². The van der Waals surface area contributed by atoms with Crippen molar-refractivity contribution in [2.45, 2.75) is 0 Å². The summed E-state index contributed by atoms with van der Waals surface area (Å²) in [5.41, 5.74) is 7.20. The number of rotatable bonds is 2. The van der Waals surface area contributed by atoms with Gasteiger partial charge in [0.15, 0.2) is 11.5 Å². The van der Waals surface area contributed by atoms with E-state index in [1.165, 1.54) is 24.3 Å². The Morgan fingerprint density at radius 1 is 0.426 bits per heavy atom. The fourth-order valence-electron chi connectivity index (χ4n) is 7.25. The molecule has 8 bridgehead atoms. The second-order valence-electron chi connectivity index (χ2n) is 13.6. The molecule has 0 saturated carbocycles. The van der Waals surface area contributed by atoms with Gasteiger partial charge in [-0.25, -0.2) is 0 Å². The molecule has 0 spiro atoms. The molecule has 9 rings (SSSR count). The molecule has 0 atom stereocenters. The Hall–Kier alpha value is -4.51. The molecule has 0 unspecified atom stereocenters. The first-order valence-corrected chi connectivity index (χ1v) is 20.5. The van der Waals surface area contributed by atoms with Crippen LogP contribution in [-0.2, 0) is 26.1 Å². The number of phenols is 2. The summed E-state index contributed by atoms with van der Waals surface area (Å²) >= 11 is 51.8. The molecule has 0 radical (unpaired) electrons. The van der Waals surface area contributed by atoms with Crippen molar-refractivity contribution in [3.63, 3.8) is 0 Å². The van der Waals surface area contributed by atoms with E-state index in [-0.39, 0.29) is 68.2 Å². The van der Waals surface area contributed by atoms with E-state index in [0.717, 1.165) is 0 Å². The van der Waals surface area contributed by atoms with E-state index in [1.54, 1.807) is 48.5 Å². The number of allylic oxidation sites excluding steroid dienone is 10. The molecule has 17 heteroatoms. The Bertz CT molecular complexity index is 2960. The number of benzene rings is 2. The first kappa shape index (κ1) is 43.2. The number of aromatic hydroxyl groups is 2. The van der Waals surface area contributed by atoms with Gasteiger partial charge in [0.2, 0.25) is 11.6 Å². The SMILES string of the molecule is O=C1C(Cl)=CC(=C2c3ccc([n-]3)C(=C3C=C(Cl)C(=O)C(Cl)=C3)c3ccc([nH]3)C(c3cc(Cl)c(O)c(Cl)c3)=c3ccc([n-]3)=C(c3cc(Cl)c(O)c(Cl)c3)c3ccc2[nH]3)C=C1Cl.[Ni+2]. The summed E-state index contributed by atoms with van der Waals surface area (Å²) in [6.07, 6.45) is 6.06. The minimum Gasteiger partial charge on any atom is -0.657 e. The standard InChI is InChI=1S/C44H22Cl8N4O4.Ni/c45-21-9-17(10-22(46)41(21)57)37-29-1-2-30(53-29)38(18-11-23(47)42(58)24(48)12-18)32-5-6-34(55-32)40(20-15-27(51)44(60)28(52)16-20)36-8-7-35(56-36)39(33-4-3-31(37)54-33)19-13-25(49)43(59)26(50)14-19;/h1-16H,(H6,53,54,55,56,57,58,59,60);/q;+2/p-2. The largest absolute Gasteiger partial charge is 2.00 e. The molecule has 1 aliphatic heterocycles.